The average molecular weight is 344 g/mol. The fourth-order valence-electron chi connectivity index (χ4n) is 2.87. The van der Waals surface area contributed by atoms with Crippen LogP contribution in [0, 0.1) is 6.92 Å². The Bertz CT molecular complexity index is 427. The van der Waals surface area contributed by atoms with Crippen LogP contribution >= 0.6 is 15.9 Å². The molecule has 4 nitrogen and oxygen atoms in total. The highest BCUT2D eigenvalue weighted by Gasteiger charge is 2.23. The van der Waals surface area contributed by atoms with Gasteiger partial charge in [0.1, 0.15) is 0 Å². The first-order valence-corrected chi connectivity index (χ1v) is 8.44. The monoisotopic (exact) mass is 343 g/mol. The molecule has 2 heterocycles. The number of halogens is 1. The van der Waals surface area contributed by atoms with E-state index < -0.39 is 0 Å². The van der Waals surface area contributed by atoms with Crippen molar-refractivity contribution in [2.75, 3.05) is 13.2 Å². The predicted octanol–water partition coefficient (Wildman–Crippen LogP) is 2.97. The van der Waals surface area contributed by atoms with Gasteiger partial charge in [0.05, 0.1) is 22.0 Å². The summed E-state index contributed by atoms with van der Waals surface area (Å²) in [4.78, 5) is 0. The second-order valence-corrected chi connectivity index (χ2v) is 6.49. The zero-order valence-corrected chi connectivity index (χ0v) is 14.4. The van der Waals surface area contributed by atoms with Gasteiger partial charge in [0.25, 0.3) is 0 Å². The van der Waals surface area contributed by atoms with Crippen LogP contribution in [0.15, 0.2) is 4.47 Å². The van der Waals surface area contributed by atoms with E-state index in [4.69, 9.17) is 4.74 Å². The number of rotatable bonds is 7. The van der Waals surface area contributed by atoms with Crippen LogP contribution in [0.5, 0.6) is 0 Å². The SMILES string of the molecule is CCCNC(Cc1c(Br)c(C)nn1C)CC1CCCO1. The van der Waals surface area contributed by atoms with E-state index in [2.05, 4.69) is 33.3 Å². The van der Waals surface area contributed by atoms with Crippen LogP contribution in [0.4, 0.5) is 0 Å². The van der Waals surface area contributed by atoms with E-state index in [9.17, 15) is 0 Å². The molecule has 0 bridgehead atoms. The molecule has 1 aliphatic rings. The number of aromatic nitrogens is 2. The van der Waals surface area contributed by atoms with E-state index in [0.717, 1.165) is 42.6 Å². The summed E-state index contributed by atoms with van der Waals surface area (Å²) in [6.45, 7) is 6.24. The van der Waals surface area contributed by atoms with Crippen molar-refractivity contribution in [1.29, 1.82) is 0 Å². The van der Waals surface area contributed by atoms with Gasteiger partial charge in [-0.3, -0.25) is 4.68 Å². The molecule has 1 aliphatic heterocycles. The summed E-state index contributed by atoms with van der Waals surface area (Å²) in [5.74, 6) is 0. The van der Waals surface area contributed by atoms with Crippen LogP contribution in [0.2, 0.25) is 0 Å². The summed E-state index contributed by atoms with van der Waals surface area (Å²) < 4.78 is 8.94. The molecule has 2 atom stereocenters. The molecule has 1 saturated heterocycles. The van der Waals surface area contributed by atoms with Crippen molar-refractivity contribution < 1.29 is 4.74 Å². The van der Waals surface area contributed by atoms with Crippen molar-refractivity contribution in [2.24, 2.45) is 7.05 Å². The first-order valence-electron chi connectivity index (χ1n) is 7.64. The molecule has 0 radical (unpaired) electrons. The first kappa shape index (κ1) is 16.0. The molecular weight excluding hydrogens is 318 g/mol. The van der Waals surface area contributed by atoms with Crippen molar-refractivity contribution >= 4 is 15.9 Å². The van der Waals surface area contributed by atoms with Crippen molar-refractivity contribution in [2.45, 2.75) is 58.1 Å². The molecule has 0 spiro atoms. The quantitative estimate of drug-likeness (QED) is 0.827. The highest BCUT2D eigenvalue weighted by Crippen LogP contribution is 2.24. The summed E-state index contributed by atoms with van der Waals surface area (Å²) in [5.41, 5.74) is 2.34. The molecule has 114 valence electrons. The third-order valence-corrected chi connectivity index (χ3v) is 4.99. The standard InChI is InChI=1S/C15H26BrN3O/c1-4-7-17-12(9-13-6-5-8-20-13)10-14-15(16)11(2)18-19(14)3/h12-13,17H,4-10H2,1-3H3. The molecule has 5 heteroatoms. The number of hydrogen-bond donors (Lipinski definition) is 1. The molecule has 0 saturated carbocycles. The van der Waals surface area contributed by atoms with Gasteiger partial charge in [0.15, 0.2) is 0 Å². The van der Waals surface area contributed by atoms with Gasteiger partial charge in [-0.25, -0.2) is 0 Å². The third-order valence-electron chi connectivity index (χ3n) is 3.96. The zero-order chi connectivity index (χ0) is 14.5. The van der Waals surface area contributed by atoms with E-state index in [0.29, 0.717) is 12.1 Å². The summed E-state index contributed by atoms with van der Waals surface area (Å²) in [6, 6.07) is 0.462. The van der Waals surface area contributed by atoms with Gasteiger partial charge in [-0.1, -0.05) is 6.92 Å². The molecule has 0 aliphatic carbocycles. The van der Waals surface area contributed by atoms with Crippen LogP contribution in [-0.2, 0) is 18.2 Å². The van der Waals surface area contributed by atoms with E-state index in [1.165, 1.54) is 18.5 Å². The topological polar surface area (TPSA) is 39.1 Å². The largest absolute Gasteiger partial charge is 0.378 e. The van der Waals surface area contributed by atoms with Gasteiger partial charge in [-0.2, -0.15) is 5.10 Å². The number of aryl methyl sites for hydroxylation is 2. The highest BCUT2D eigenvalue weighted by atomic mass is 79.9. The van der Waals surface area contributed by atoms with Crippen molar-refractivity contribution in [3.05, 3.63) is 15.9 Å². The Balaban J connectivity index is 2.01. The van der Waals surface area contributed by atoms with Gasteiger partial charge < -0.3 is 10.1 Å². The lowest BCUT2D eigenvalue weighted by molar-refractivity contribution is 0.0943. The Morgan fingerprint density at radius 1 is 1.55 bits per heavy atom. The summed E-state index contributed by atoms with van der Waals surface area (Å²) >= 11 is 3.67. The van der Waals surface area contributed by atoms with Gasteiger partial charge in [-0.15, -0.1) is 0 Å². The Hall–Kier alpha value is -0.390. The van der Waals surface area contributed by atoms with E-state index in [1.54, 1.807) is 0 Å². The number of nitrogens with one attached hydrogen (secondary N) is 1. The molecule has 20 heavy (non-hydrogen) atoms. The summed E-state index contributed by atoms with van der Waals surface area (Å²) in [7, 11) is 2.02. The normalized spacial score (nSPS) is 20.5. The number of nitrogens with zero attached hydrogens (tertiary/aromatic N) is 2. The Morgan fingerprint density at radius 3 is 2.90 bits per heavy atom. The molecule has 0 amide bonds. The van der Waals surface area contributed by atoms with Crippen molar-refractivity contribution in [3.8, 4) is 0 Å². The van der Waals surface area contributed by atoms with Gasteiger partial charge in [0.2, 0.25) is 0 Å². The van der Waals surface area contributed by atoms with Crippen molar-refractivity contribution in [3.63, 3.8) is 0 Å². The van der Waals surface area contributed by atoms with Crippen molar-refractivity contribution in [1.82, 2.24) is 15.1 Å². The van der Waals surface area contributed by atoms with Crippen LogP contribution in [0.3, 0.4) is 0 Å². The molecule has 1 N–H and O–H groups in total. The molecule has 2 rings (SSSR count). The fourth-order valence-corrected chi connectivity index (χ4v) is 3.37. The molecule has 2 unspecified atom stereocenters. The van der Waals surface area contributed by atoms with E-state index in [-0.39, 0.29) is 0 Å². The average Bonchev–Trinajstić information content (AvgIpc) is 3.00. The summed E-state index contributed by atoms with van der Waals surface area (Å²) in [6.07, 6.45) is 6.09. The smallest absolute Gasteiger partial charge is 0.0738 e. The Labute approximate surface area is 130 Å². The maximum absolute atomic E-state index is 5.79. The Morgan fingerprint density at radius 2 is 2.35 bits per heavy atom. The van der Waals surface area contributed by atoms with Crippen LogP contribution < -0.4 is 5.32 Å². The third kappa shape index (κ3) is 4.06. The number of hydrogen-bond acceptors (Lipinski definition) is 3. The van der Waals surface area contributed by atoms with Gasteiger partial charge >= 0.3 is 0 Å². The lowest BCUT2D eigenvalue weighted by Crippen LogP contribution is -2.35. The van der Waals surface area contributed by atoms with Crippen LogP contribution in [-0.4, -0.2) is 35.1 Å². The minimum absolute atomic E-state index is 0.428. The van der Waals surface area contributed by atoms with Crippen LogP contribution in [0.25, 0.3) is 0 Å². The first-order chi connectivity index (χ1) is 9.61. The summed E-state index contributed by atoms with van der Waals surface area (Å²) in [5, 5.41) is 8.15. The second-order valence-electron chi connectivity index (χ2n) is 5.70. The van der Waals surface area contributed by atoms with E-state index >= 15 is 0 Å². The lowest BCUT2D eigenvalue weighted by atomic mass is 10.0. The molecule has 1 aromatic heterocycles. The van der Waals surface area contributed by atoms with E-state index in [1.807, 2.05) is 18.7 Å². The predicted molar refractivity (Wildman–Crippen MR) is 85.0 cm³/mol. The Kier molecular flexibility index (Phi) is 6.05. The maximum Gasteiger partial charge on any atom is 0.0738 e. The van der Waals surface area contributed by atoms with Crippen LogP contribution in [0.1, 0.15) is 44.0 Å². The molecule has 1 fully saturated rings. The zero-order valence-electron chi connectivity index (χ0n) is 12.8. The minimum atomic E-state index is 0.428. The molecule has 0 aromatic carbocycles. The molecule has 1 aromatic rings. The maximum atomic E-state index is 5.79. The highest BCUT2D eigenvalue weighted by molar-refractivity contribution is 9.10. The lowest BCUT2D eigenvalue weighted by Gasteiger charge is -2.22. The second kappa shape index (κ2) is 7.57. The van der Waals surface area contributed by atoms with Gasteiger partial charge in [-0.05, 0) is 55.1 Å². The minimum Gasteiger partial charge on any atom is -0.378 e. The molecular formula is C15H26BrN3O. The number of ether oxygens (including phenoxy) is 1. The fraction of sp³-hybridized carbons (Fsp3) is 0.800. The van der Waals surface area contributed by atoms with Gasteiger partial charge in [0, 0.05) is 26.1 Å².